The molecule has 7 heteroatoms. The van der Waals surface area contributed by atoms with Crippen molar-refractivity contribution in [3.05, 3.63) is 29.8 Å². The summed E-state index contributed by atoms with van der Waals surface area (Å²) in [6, 6.07) is 6.33. The highest BCUT2D eigenvalue weighted by Crippen LogP contribution is 2.12. The fourth-order valence-corrected chi connectivity index (χ4v) is 2.39. The molecule has 0 fully saturated rings. The number of hydrogen-bond acceptors (Lipinski definition) is 5. The SMILES string of the molecule is CCOC(=O)CCS(=O)(=O)Nc1ccc(CO)cc1. The second-order valence-electron chi connectivity index (χ2n) is 3.83. The zero-order chi connectivity index (χ0) is 14.3. The van der Waals surface area contributed by atoms with Gasteiger partial charge < -0.3 is 9.84 Å². The van der Waals surface area contributed by atoms with Crippen molar-refractivity contribution in [3.8, 4) is 0 Å². The monoisotopic (exact) mass is 287 g/mol. The summed E-state index contributed by atoms with van der Waals surface area (Å²) in [5.74, 6) is -0.864. The topological polar surface area (TPSA) is 92.7 Å². The van der Waals surface area contributed by atoms with Gasteiger partial charge in [-0.25, -0.2) is 8.42 Å². The molecule has 0 heterocycles. The molecule has 0 atom stereocenters. The van der Waals surface area contributed by atoms with Crippen molar-refractivity contribution in [1.82, 2.24) is 0 Å². The molecule has 1 aromatic carbocycles. The lowest BCUT2D eigenvalue weighted by Gasteiger charge is -2.08. The van der Waals surface area contributed by atoms with Crippen molar-refractivity contribution in [2.24, 2.45) is 0 Å². The van der Waals surface area contributed by atoms with Gasteiger partial charge in [0.15, 0.2) is 0 Å². The van der Waals surface area contributed by atoms with Crippen molar-refractivity contribution in [2.45, 2.75) is 20.0 Å². The number of sulfonamides is 1. The summed E-state index contributed by atoms with van der Waals surface area (Å²) in [4.78, 5) is 11.1. The normalized spacial score (nSPS) is 11.1. The van der Waals surface area contributed by atoms with Gasteiger partial charge in [0.1, 0.15) is 0 Å². The first-order valence-corrected chi connectivity index (χ1v) is 7.48. The third-order valence-electron chi connectivity index (χ3n) is 2.29. The molecule has 0 saturated heterocycles. The van der Waals surface area contributed by atoms with Crippen LogP contribution < -0.4 is 4.72 Å². The molecule has 0 aromatic heterocycles. The number of nitrogens with one attached hydrogen (secondary N) is 1. The standard InChI is InChI=1S/C12H17NO5S/c1-2-18-12(15)7-8-19(16,17)13-11-5-3-10(9-14)4-6-11/h3-6,13-14H,2,7-9H2,1H3. The van der Waals surface area contributed by atoms with Gasteiger partial charge >= 0.3 is 5.97 Å². The van der Waals surface area contributed by atoms with Crippen LogP contribution in [0.2, 0.25) is 0 Å². The summed E-state index contributed by atoms with van der Waals surface area (Å²) in [6.07, 6.45) is -0.183. The van der Waals surface area contributed by atoms with Crippen molar-refractivity contribution in [3.63, 3.8) is 0 Å². The number of esters is 1. The first-order valence-electron chi connectivity index (χ1n) is 5.82. The van der Waals surface area contributed by atoms with Crippen LogP contribution in [-0.2, 0) is 26.2 Å². The summed E-state index contributed by atoms with van der Waals surface area (Å²) >= 11 is 0. The number of aliphatic hydroxyl groups is 1. The molecule has 1 aromatic rings. The van der Waals surface area contributed by atoms with Gasteiger partial charge in [-0.1, -0.05) is 12.1 Å². The molecule has 106 valence electrons. The Morgan fingerprint density at radius 3 is 2.47 bits per heavy atom. The molecular weight excluding hydrogens is 270 g/mol. The van der Waals surface area contributed by atoms with E-state index in [0.717, 1.165) is 0 Å². The zero-order valence-corrected chi connectivity index (χ0v) is 11.4. The van der Waals surface area contributed by atoms with E-state index in [9.17, 15) is 13.2 Å². The Morgan fingerprint density at radius 1 is 1.32 bits per heavy atom. The Labute approximate surface area is 112 Å². The number of carbonyl (C=O) groups is 1. The van der Waals surface area contributed by atoms with E-state index in [0.29, 0.717) is 11.3 Å². The Morgan fingerprint density at radius 2 is 1.95 bits per heavy atom. The molecular formula is C12H17NO5S. The molecule has 0 aliphatic rings. The maximum Gasteiger partial charge on any atom is 0.306 e. The number of carbonyl (C=O) groups excluding carboxylic acids is 1. The summed E-state index contributed by atoms with van der Waals surface area (Å²) in [5, 5.41) is 8.87. The lowest BCUT2D eigenvalue weighted by molar-refractivity contribution is -0.142. The Hall–Kier alpha value is -1.60. The van der Waals surface area contributed by atoms with Gasteiger partial charge in [0.25, 0.3) is 0 Å². The molecule has 0 aliphatic carbocycles. The number of ether oxygens (including phenoxy) is 1. The average molecular weight is 287 g/mol. The van der Waals surface area contributed by atoms with E-state index in [1.165, 1.54) is 0 Å². The summed E-state index contributed by atoms with van der Waals surface area (Å²) in [6.45, 7) is 1.79. The first kappa shape index (κ1) is 15.5. The van der Waals surface area contributed by atoms with E-state index >= 15 is 0 Å². The van der Waals surface area contributed by atoms with Crippen LogP contribution in [0.5, 0.6) is 0 Å². The zero-order valence-electron chi connectivity index (χ0n) is 10.6. The summed E-state index contributed by atoms with van der Waals surface area (Å²) < 4.78 is 30.4. The van der Waals surface area contributed by atoms with E-state index in [4.69, 9.17) is 5.11 Å². The van der Waals surface area contributed by atoms with Crippen LogP contribution in [0.1, 0.15) is 18.9 Å². The van der Waals surface area contributed by atoms with Gasteiger partial charge in [-0.05, 0) is 24.6 Å². The lowest BCUT2D eigenvalue weighted by Crippen LogP contribution is -2.19. The molecule has 0 bridgehead atoms. The summed E-state index contributed by atoms with van der Waals surface area (Å²) in [5.41, 5.74) is 1.08. The lowest BCUT2D eigenvalue weighted by atomic mass is 10.2. The van der Waals surface area contributed by atoms with Crippen LogP contribution in [0.15, 0.2) is 24.3 Å². The largest absolute Gasteiger partial charge is 0.466 e. The van der Waals surface area contributed by atoms with E-state index in [2.05, 4.69) is 9.46 Å². The fourth-order valence-electron chi connectivity index (χ4n) is 1.36. The highest BCUT2D eigenvalue weighted by molar-refractivity contribution is 7.92. The molecule has 0 amide bonds. The minimum atomic E-state index is -3.58. The van der Waals surface area contributed by atoms with Crippen LogP contribution in [0, 0.1) is 0 Å². The van der Waals surface area contributed by atoms with Crippen LogP contribution in [0.4, 0.5) is 5.69 Å². The van der Waals surface area contributed by atoms with E-state index in [1.54, 1.807) is 31.2 Å². The Kier molecular flexibility index (Phi) is 5.78. The second kappa shape index (κ2) is 7.10. The molecule has 2 N–H and O–H groups in total. The first-order chi connectivity index (χ1) is 8.96. The number of benzene rings is 1. The quantitative estimate of drug-likeness (QED) is 0.726. The molecule has 0 aliphatic heterocycles. The molecule has 0 spiro atoms. The molecule has 0 unspecified atom stereocenters. The smallest absolute Gasteiger partial charge is 0.306 e. The van der Waals surface area contributed by atoms with Gasteiger partial charge in [0.2, 0.25) is 10.0 Å². The van der Waals surface area contributed by atoms with Crippen molar-refractivity contribution >= 4 is 21.7 Å². The fraction of sp³-hybridized carbons (Fsp3) is 0.417. The van der Waals surface area contributed by atoms with E-state index in [-0.39, 0.29) is 25.4 Å². The third-order valence-corrected chi connectivity index (χ3v) is 3.58. The molecule has 0 radical (unpaired) electrons. The second-order valence-corrected chi connectivity index (χ2v) is 5.67. The van der Waals surface area contributed by atoms with Gasteiger partial charge in [-0.2, -0.15) is 0 Å². The van der Waals surface area contributed by atoms with Crippen LogP contribution >= 0.6 is 0 Å². The predicted octanol–water partition coefficient (Wildman–Crippen LogP) is 0.874. The van der Waals surface area contributed by atoms with E-state index in [1.807, 2.05) is 0 Å². The Balaban J connectivity index is 2.56. The summed E-state index contributed by atoms with van der Waals surface area (Å²) in [7, 11) is -3.58. The van der Waals surface area contributed by atoms with Crippen LogP contribution in [-0.4, -0.2) is 31.9 Å². The highest BCUT2D eigenvalue weighted by Gasteiger charge is 2.13. The van der Waals surface area contributed by atoms with E-state index < -0.39 is 16.0 Å². The molecule has 1 rings (SSSR count). The van der Waals surface area contributed by atoms with Gasteiger partial charge in [-0.15, -0.1) is 0 Å². The maximum atomic E-state index is 11.7. The van der Waals surface area contributed by atoms with Gasteiger partial charge in [0.05, 0.1) is 25.4 Å². The third kappa shape index (κ3) is 5.71. The van der Waals surface area contributed by atoms with Crippen LogP contribution in [0.25, 0.3) is 0 Å². The highest BCUT2D eigenvalue weighted by atomic mass is 32.2. The predicted molar refractivity (Wildman–Crippen MR) is 71.0 cm³/mol. The van der Waals surface area contributed by atoms with Gasteiger partial charge in [0, 0.05) is 5.69 Å². The Bertz CT molecular complexity index is 509. The minimum Gasteiger partial charge on any atom is -0.466 e. The maximum absolute atomic E-state index is 11.7. The number of hydrogen-bond donors (Lipinski definition) is 2. The molecule has 19 heavy (non-hydrogen) atoms. The average Bonchev–Trinajstić information content (AvgIpc) is 2.37. The van der Waals surface area contributed by atoms with Gasteiger partial charge in [-0.3, -0.25) is 9.52 Å². The van der Waals surface area contributed by atoms with Crippen molar-refractivity contribution in [2.75, 3.05) is 17.1 Å². The number of rotatable bonds is 7. The van der Waals surface area contributed by atoms with Crippen LogP contribution in [0.3, 0.4) is 0 Å². The van der Waals surface area contributed by atoms with Crippen molar-refractivity contribution in [1.29, 1.82) is 0 Å². The number of anilines is 1. The molecule has 6 nitrogen and oxygen atoms in total. The minimum absolute atomic E-state index is 0.101. The van der Waals surface area contributed by atoms with Crippen molar-refractivity contribution < 1.29 is 23.1 Å². The number of aliphatic hydroxyl groups excluding tert-OH is 1. The molecule has 0 saturated carbocycles.